The predicted octanol–water partition coefficient (Wildman–Crippen LogP) is 1.34. The largest absolute Gasteiger partial charge is 0.508 e. The van der Waals surface area contributed by atoms with Crippen LogP contribution in [0.2, 0.25) is 0 Å². The Bertz CT molecular complexity index is 485. The number of aromatic hydroxyl groups is 1. The summed E-state index contributed by atoms with van der Waals surface area (Å²) in [5.74, 6) is 0.0759. The maximum Gasteiger partial charge on any atom is 0.237 e. The first kappa shape index (κ1) is 15.8. The molecule has 1 aliphatic heterocycles. The number of benzene rings is 1. The third-order valence-corrected chi connectivity index (χ3v) is 3.77. The van der Waals surface area contributed by atoms with E-state index in [-0.39, 0.29) is 23.3 Å². The Labute approximate surface area is 125 Å². The summed E-state index contributed by atoms with van der Waals surface area (Å²) in [6.45, 7) is 4.72. The summed E-state index contributed by atoms with van der Waals surface area (Å²) in [6.07, 6.45) is 2.07. The molecular formula is C16H24N2O3. The lowest BCUT2D eigenvalue weighted by Crippen LogP contribution is -2.51. The number of carbonyl (C=O) groups excluding carboxylic acids is 1. The average Bonchev–Trinajstić information content (AvgIpc) is 2.40. The van der Waals surface area contributed by atoms with Gasteiger partial charge in [-0.2, -0.15) is 0 Å². The molecule has 0 saturated carbocycles. The van der Waals surface area contributed by atoms with Crippen molar-refractivity contribution in [2.45, 2.75) is 50.8 Å². The zero-order chi connectivity index (χ0) is 15.5. The van der Waals surface area contributed by atoms with Crippen molar-refractivity contribution < 1.29 is 14.6 Å². The van der Waals surface area contributed by atoms with Crippen molar-refractivity contribution in [3.8, 4) is 5.75 Å². The highest BCUT2D eigenvalue weighted by Gasteiger charge is 2.30. The molecule has 1 fully saturated rings. The Morgan fingerprint density at radius 2 is 2.14 bits per heavy atom. The van der Waals surface area contributed by atoms with Gasteiger partial charge in [0.25, 0.3) is 0 Å². The summed E-state index contributed by atoms with van der Waals surface area (Å²) in [4.78, 5) is 12.2. The molecule has 0 radical (unpaired) electrons. The third kappa shape index (κ3) is 4.72. The van der Waals surface area contributed by atoms with Crippen molar-refractivity contribution in [3.05, 3.63) is 29.8 Å². The van der Waals surface area contributed by atoms with E-state index in [1.54, 1.807) is 24.3 Å². The second-order valence-corrected chi connectivity index (χ2v) is 6.28. The molecule has 0 spiro atoms. The van der Waals surface area contributed by atoms with Crippen molar-refractivity contribution in [3.63, 3.8) is 0 Å². The SMILES string of the molecule is CC1(C)CC(NC(=O)C(N)Cc2ccc(O)cc2)CCO1. The normalized spacial score (nSPS) is 22.5. The molecule has 1 aliphatic rings. The molecule has 0 aromatic heterocycles. The maximum atomic E-state index is 12.2. The lowest BCUT2D eigenvalue weighted by molar-refractivity contribution is -0.125. The van der Waals surface area contributed by atoms with Gasteiger partial charge in [-0.25, -0.2) is 0 Å². The van der Waals surface area contributed by atoms with Crippen LogP contribution in [0.4, 0.5) is 0 Å². The zero-order valence-electron chi connectivity index (χ0n) is 12.6. The highest BCUT2D eigenvalue weighted by atomic mass is 16.5. The third-order valence-electron chi connectivity index (χ3n) is 3.77. The smallest absolute Gasteiger partial charge is 0.237 e. The van der Waals surface area contributed by atoms with Crippen molar-refractivity contribution in [1.82, 2.24) is 5.32 Å². The van der Waals surface area contributed by atoms with E-state index in [4.69, 9.17) is 10.5 Å². The fraction of sp³-hybridized carbons (Fsp3) is 0.562. The zero-order valence-corrected chi connectivity index (χ0v) is 12.6. The van der Waals surface area contributed by atoms with Gasteiger partial charge in [0.1, 0.15) is 5.75 Å². The van der Waals surface area contributed by atoms with E-state index in [0.717, 1.165) is 18.4 Å². The van der Waals surface area contributed by atoms with Gasteiger partial charge in [0.2, 0.25) is 5.91 Å². The highest BCUT2D eigenvalue weighted by molar-refractivity contribution is 5.82. The van der Waals surface area contributed by atoms with Gasteiger partial charge >= 0.3 is 0 Å². The van der Waals surface area contributed by atoms with Crippen LogP contribution in [0, 0.1) is 0 Å². The molecule has 1 aromatic carbocycles. The second-order valence-electron chi connectivity index (χ2n) is 6.28. The van der Waals surface area contributed by atoms with Crippen LogP contribution in [-0.2, 0) is 16.0 Å². The van der Waals surface area contributed by atoms with Crippen molar-refractivity contribution in [1.29, 1.82) is 0 Å². The van der Waals surface area contributed by atoms with Crippen molar-refractivity contribution >= 4 is 5.91 Å². The van der Waals surface area contributed by atoms with Crippen LogP contribution >= 0.6 is 0 Å². The fourth-order valence-electron chi connectivity index (χ4n) is 2.64. The minimum atomic E-state index is -0.583. The van der Waals surface area contributed by atoms with Crippen molar-refractivity contribution in [2.75, 3.05) is 6.61 Å². The van der Waals surface area contributed by atoms with Gasteiger partial charge in [-0.15, -0.1) is 0 Å². The number of rotatable bonds is 4. The summed E-state index contributed by atoms with van der Waals surface area (Å²) in [6, 6.07) is 6.29. The Morgan fingerprint density at radius 3 is 2.76 bits per heavy atom. The molecule has 1 aromatic rings. The van der Waals surface area contributed by atoms with Crippen LogP contribution in [0.1, 0.15) is 32.3 Å². The number of hydrogen-bond donors (Lipinski definition) is 3. The minimum Gasteiger partial charge on any atom is -0.508 e. The van der Waals surface area contributed by atoms with E-state index in [1.807, 2.05) is 13.8 Å². The molecule has 1 amide bonds. The molecule has 1 saturated heterocycles. The quantitative estimate of drug-likeness (QED) is 0.782. The van der Waals surface area contributed by atoms with Crippen LogP contribution in [-0.4, -0.2) is 35.3 Å². The van der Waals surface area contributed by atoms with Gasteiger partial charge in [-0.1, -0.05) is 12.1 Å². The van der Waals surface area contributed by atoms with E-state index in [2.05, 4.69) is 5.32 Å². The molecule has 1 heterocycles. The Morgan fingerprint density at radius 1 is 1.48 bits per heavy atom. The van der Waals surface area contributed by atoms with Crippen LogP contribution in [0.5, 0.6) is 5.75 Å². The van der Waals surface area contributed by atoms with Crippen LogP contribution in [0.25, 0.3) is 0 Å². The second kappa shape index (κ2) is 6.45. The number of ether oxygens (including phenoxy) is 1. The topological polar surface area (TPSA) is 84.6 Å². The lowest BCUT2D eigenvalue weighted by Gasteiger charge is -2.36. The molecule has 5 heteroatoms. The summed E-state index contributed by atoms with van der Waals surface area (Å²) in [7, 11) is 0. The Balaban J connectivity index is 1.86. The summed E-state index contributed by atoms with van der Waals surface area (Å²) in [5, 5.41) is 12.3. The first-order valence-corrected chi connectivity index (χ1v) is 7.33. The molecule has 0 aliphatic carbocycles. The van der Waals surface area contributed by atoms with Gasteiger partial charge in [-0.3, -0.25) is 4.79 Å². The minimum absolute atomic E-state index is 0.118. The van der Waals surface area contributed by atoms with Gasteiger partial charge < -0.3 is 20.9 Å². The summed E-state index contributed by atoms with van der Waals surface area (Å²) in [5.41, 5.74) is 6.70. The van der Waals surface area contributed by atoms with E-state index < -0.39 is 6.04 Å². The number of phenolic OH excluding ortho intramolecular Hbond substituents is 1. The number of hydrogen-bond acceptors (Lipinski definition) is 4. The summed E-state index contributed by atoms with van der Waals surface area (Å²) < 4.78 is 5.64. The number of phenols is 1. The van der Waals surface area contributed by atoms with E-state index in [0.29, 0.717) is 13.0 Å². The number of amides is 1. The molecule has 0 bridgehead atoms. The van der Waals surface area contributed by atoms with Crippen molar-refractivity contribution in [2.24, 2.45) is 5.73 Å². The molecule has 5 nitrogen and oxygen atoms in total. The lowest BCUT2D eigenvalue weighted by atomic mass is 9.93. The van der Waals surface area contributed by atoms with Gasteiger partial charge in [0.05, 0.1) is 11.6 Å². The monoisotopic (exact) mass is 292 g/mol. The average molecular weight is 292 g/mol. The first-order valence-electron chi connectivity index (χ1n) is 7.33. The predicted molar refractivity (Wildman–Crippen MR) is 81.0 cm³/mol. The molecule has 116 valence electrons. The Hall–Kier alpha value is -1.59. The molecule has 2 rings (SSSR count). The first-order chi connectivity index (χ1) is 9.85. The van der Waals surface area contributed by atoms with E-state index >= 15 is 0 Å². The van der Waals surface area contributed by atoms with Crippen LogP contribution < -0.4 is 11.1 Å². The van der Waals surface area contributed by atoms with E-state index in [1.165, 1.54) is 0 Å². The van der Waals surface area contributed by atoms with Crippen LogP contribution in [0.3, 0.4) is 0 Å². The maximum absolute atomic E-state index is 12.2. The number of carbonyl (C=O) groups is 1. The standard InChI is InChI=1S/C16H24N2O3/c1-16(2)10-12(7-8-21-16)18-15(20)14(17)9-11-3-5-13(19)6-4-11/h3-6,12,14,19H,7-10,17H2,1-2H3,(H,18,20). The highest BCUT2D eigenvalue weighted by Crippen LogP contribution is 2.24. The Kier molecular flexibility index (Phi) is 4.85. The van der Waals surface area contributed by atoms with Gasteiger partial charge in [0, 0.05) is 12.6 Å². The number of nitrogens with one attached hydrogen (secondary N) is 1. The molecule has 21 heavy (non-hydrogen) atoms. The molecule has 2 unspecified atom stereocenters. The van der Waals surface area contributed by atoms with Gasteiger partial charge in [0.15, 0.2) is 0 Å². The molecular weight excluding hydrogens is 268 g/mol. The van der Waals surface area contributed by atoms with Gasteiger partial charge in [-0.05, 0) is 50.8 Å². The number of nitrogens with two attached hydrogens (primary N) is 1. The molecule has 4 N–H and O–H groups in total. The fourth-order valence-corrected chi connectivity index (χ4v) is 2.64. The molecule has 2 atom stereocenters. The summed E-state index contributed by atoms with van der Waals surface area (Å²) >= 11 is 0. The van der Waals surface area contributed by atoms with E-state index in [9.17, 15) is 9.90 Å². The van der Waals surface area contributed by atoms with Crippen LogP contribution in [0.15, 0.2) is 24.3 Å².